The highest BCUT2D eigenvalue weighted by molar-refractivity contribution is 6.17. The van der Waals surface area contributed by atoms with E-state index in [1.54, 1.807) is 0 Å². The lowest BCUT2D eigenvalue weighted by molar-refractivity contribution is 0.380. The van der Waals surface area contributed by atoms with Gasteiger partial charge in [0.1, 0.15) is 0 Å². The van der Waals surface area contributed by atoms with E-state index in [1.807, 2.05) is 0 Å². The van der Waals surface area contributed by atoms with Gasteiger partial charge in [-0.1, -0.05) is 13.8 Å². The molecular weight excluding hydrogens is 260 g/mol. The maximum Gasteiger partial charge on any atom is 0.245 e. The first-order chi connectivity index (χ1) is 9.30. The normalized spacial score (nSPS) is 15.3. The van der Waals surface area contributed by atoms with Crippen LogP contribution in [0.5, 0.6) is 0 Å². The van der Waals surface area contributed by atoms with Gasteiger partial charge in [0.25, 0.3) is 0 Å². The Morgan fingerprint density at radius 3 is 2.42 bits per heavy atom. The molecule has 0 spiro atoms. The van der Waals surface area contributed by atoms with Crippen molar-refractivity contribution >= 4 is 17.5 Å². The Labute approximate surface area is 120 Å². The summed E-state index contributed by atoms with van der Waals surface area (Å²) < 4.78 is 0. The summed E-state index contributed by atoms with van der Waals surface area (Å²) in [6.45, 7) is 5.16. The Morgan fingerprint density at radius 1 is 1.16 bits per heavy atom. The van der Waals surface area contributed by atoms with Crippen molar-refractivity contribution in [3.8, 4) is 0 Å². The summed E-state index contributed by atoms with van der Waals surface area (Å²) >= 11 is 5.82. The minimum atomic E-state index is 0.585. The van der Waals surface area contributed by atoms with E-state index in [0.29, 0.717) is 11.9 Å². The molecule has 1 aliphatic carbocycles. The van der Waals surface area contributed by atoms with Gasteiger partial charge >= 0.3 is 0 Å². The van der Waals surface area contributed by atoms with Crippen LogP contribution >= 0.6 is 11.6 Å². The zero-order valence-electron chi connectivity index (χ0n) is 11.9. The molecule has 1 aliphatic rings. The van der Waals surface area contributed by atoms with Gasteiger partial charge in [-0.3, -0.25) is 0 Å². The third-order valence-electron chi connectivity index (χ3n) is 3.80. The molecule has 1 fully saturated rings. The van der Waals surface area contributed by atoms with E-state index in [-0.39, 0.29) is 0 Å². The highest BCUT2D eigenvalue weighted by Crippen LogP contribution is 2.28. The van der Waals surface area contributed by atoms with E-state index in [1.165, 1.54) is 19.3 Å². The number of hydrogen-bond donors (Lipinski definition) is 0. The van der Waals surface area contributed by atoms with Crippen LogP contribution < -0.4 is 4.90 Å². The summed E-state index contributed by atoms with van der Waals surface area (Å²) in [5, 5.41) is 8.69. The molecule has 2 rings (SSSR count). The van der Waals surface area contributed by atoms with E-state index in [9.17, 15) is 0 Å². The lowest BCUT2D eigenvalue weighted by atomic mass is 9.91. The first-order valence-corrected chi connectivity index (χ1v) is 7.88. The Bertz CT molecular complexity index is 406. The van der Waals surface area contributed by atoms with Gasteiger partial charge in [-0.2, -0.15) is 5.10 Å². The van der Waals surface area contributed by atoms with Crippen LogP contribution in [0.3, 0.4) is 0 Å². The number of anilines is 1. The molecule has 0 unspecified atom stereocenters. The Hall–Kier alpha value is -0.900. The van der Waals surface area contributed by atoms with Gasteiger partial charge in [-0.25, -0.2) is 4.98 Å². The third kappa shape index (κ3) is 3.35. The number of aryl methyl sites for hydroxylation is 2. The number of alkyl halides is 1. The van der Waals surface area contributed by atoms with Crippen LogP contribution in [0, 0.1) is 0 Å². The number of hydrogen-bond acceptors (Lipinski definition) is 4. The van der Waals surface area contributed by atoms with Crippen molar-refractivity contribution in [2.45, 2.75) is 58.4 Å². The van der Waals surface area contributed by atoms with Gasteiger partial charge in [-0.15, -0.1) is 16.7 Å². The van der Waals surface area contributed by atoms with E-state index in [4.69, 9.17) is 16.6 Å². The Balaban J connectivity index is 2.19. The van der Waals surface area contributed by atoms with Crippen molar-refractivity contribution in [2.75, 3.05) is 17.3 Å². The van der Waals surface area contributed by atoms with Crippen molar-refractivity contribution in [1.82, 2.24) is 15.2 Å². The van der Waals surface area contributed by atoms with Crippen LogP contribution in [0.2, 0.25) is 0 Å². The predicted octanol–water partition coefficient (Wildman–Crippen LogP) is 2.98. The summed E-state index contributed by atoms with van der Waals surface area (Å²) in [6.07, 6.45) is 6.57. The zero-order valence-corrected chi connectivity index (χ0v) is 12.7. The summed E-state index contributed by atoms with van der Waals surface area (Å²) in [7, 11) is 0. The zero-order chi connectivity index (χ0) is 13.7. The molecule has 106 valence electrons. The topological polar surface area (TPSA) is 41.9 Å². The van der Waals surface area contributed by atoms with Crippen LogP contribution in [-0.2, 0) is 12.8 Å². The third-order valence-corrected chi connectivity index (χ3v) is 4.07. The summed E-state index contributed by atoms with van der Waals surface area (Å²) in [4.78, 5) is 7.03. The lowest BCUT2D eigenvalue weighted by Gasteiger charge is -2.37. The average Bonchev–Trinajstić information content (AvgIpc) is 2.40. The molecule has 0 radical (unpaired) electrons. The minimum absolute atomic E-state index is 0.585. The van der Waals surface area contributed by atoms with E-state index < -0.39 is 0 Å². The van der Waals surface area contributed by atoms with Crippen molar-refractivity contribution in [2.24, 2.45) is 0 Å². The fraction of sp³-hybridized carbons (Fsp3) is 0.786. The molecular formula is C14H23ClN4. The van der Waals surface area contributed by atoms with E-state index >= 15 is 0 Å². The highest BCUT2D eigenvalue weighted by Gasteiger charge is 2.27. The number of nitrogens with zero attached hydrogens (tertiary/aromatic N) is 4. The van der Waals surface area contributed by atoms with Crippen LogP contribution in [0.4, 0.5) is 5.95 Å². The standard InChI is InChI=1S/C14H23ClN4/c1-3-12-13(4-2)17-18-14(16-12)19(10-6-9-15)11-7-5-8-11/h11H,3-10H2,1-2H3. The molecule has 4 nitrogen and oxygen atoms in total. The molecule has 0 aliphatic heterocycles. The van der Waals surface area contributed by atoms with Gasteiger partial charge < -0.3 is 4.90 Å². The quantitative estimate of drug-likeness (QED) is 0.721. The SMILES string of the molecule is CCc1nnc(N(CCCCl)C2CCC2)nc1CC. The molecule has 0 amide bonds. The van der Waals surface area contributed by atoms with Gasteiger partial charge in [0, 0.05) is 18.5 Å². The van der Waals surface area contributed by atoms with Crippen molar-refractivity contribution in [1.29, 1.82) is 0 Å². The molecule has 0 saturated heterocycles. The summed E-state index contributed by atoms with van der Waals surface area (Å²) in [5.41, 5.74) is 2.11. The second kappa shape index (κ2) is 7.04. The largest absolute Gasteiger partial charge is 0.336 e. The van der Waals surface area contributed by atoms with E-state index in [0.717, 1.165) is 43.1 Å². The number of rotatable bonds is 7. The molecule has 0 aromatic carbocycles. The van der Waals surface area contributed by atoms with Gasteiger partial charge in [0.15, 0.2) is 0 Å². The van der Waals surface area contributed by atoms with Gasteiger partial charge in [0.05, 0.1) is 11.4 Å². The summed E-state index contributed by atoms with van der Waals surface area (Å²) in [5.74, 6) is 1.48. The predicted molar refractivity (Wildman–Crippen MR) is 78.9 cm³/mol. The molecule has 0 N–H and O–H groups in total. The molecule has 19 heavy (non-hydrogen) atoms. The molecule has 1 aromatic rings. The second-order valence-corrected chi connectivity index (χ2v) is 5.41. The lowest BCUT2D eigenvalue weighted by Crippen LogP contribution is -2.42. The van der Waals surface area contributed by atoms with Crippen molar-refractivity contribution in [3.05, 3.63) is 11.4 Å². The molecule has 1 heterocycles. The Kier molecular flexibility index (Phi) is 5.37. The first-order valence-electron chi connectivity index (χ1n) is 7.35. The minimum Gasteiger partial charge on any atom is -0.336 e. The maximum atomic E-state index is 5.82. The molecule has 1 aromatic heterocycles. The molecule has 0 bridgehead atoms. The molecule has 0 atom stereocenters. The van der Waals surface area contributed by atoms with Crippen molar-refractivity contribution < 1.29 is 0 Å². The fourth-order valence-electron chi connectivity index (χ4n) is 2.42. The van der Waals surface area contributed by atoms with Crippen LogP contribution in [0.25, 0.3) is 0 Å². The van der Waals surface area contributed by atoms with E-state index in [2.05, 4.69) is 28.9 Å². The smallest absolute Gasteiger partial charge is 0.245 e. The second-order valence-electron chi connectivity index (χ2n) is 5.03. The van der Waals surface area contributed by atoms with Crippen LogP contribution in [0.1, 0.15) is 50.9 Å². The molecule has 1 saturated carbocycles. The molecule has 5 heteroatoms. The average molecular weight is 283 g/mol. The van der Waals surface area contributed by atoms with Crippen LogP contribution in [0.15, 0.2) is 0 Å². The fourth-order valence-corrected chi connectivity index (χ4v) is 2.54. The van der Waals surface area contributed by atoms with Gasteiger partial charge in [0.2, 0.25) is 5.95 Å². The Morgan fingerprint density at radius 2 is 1.89 bits per heavy atom. The monoisotopic (exact) mass is 282 g/mol. The number of aromatic nitrogens is 3. The van der Waals surface area contributed by atoms with Crippen molar-refractivity contribution in [3.63, 3.8) is 0 Å². The maximum absolute atomic E-state index is 5.82. The summed E-state index contributed by atoms with van der Waals surface area (Å²) in [6, 6.07) is 0.585. The first kappa shape index (κ1) is 14.5. The van der Waals surface area contributed by atoms with Crippen LogP contribution in [-0.4, -0.2) is 33.6 Å². The number of halogens is 1. The van der Waals surface area contributed by atoms with Gasteiger partial charge in [-0.05, 0) is 38.5 Å². The highest BCUT2D eigenvalue weighted by atomic mass is 35.5.